The molecule has 2 aromatic carbocycles. The molecule has 138 valence electrons. The summed E-state index contributed by atoms with van der Waals surface area (Å²) >= 11 is 0. The number of hydrogen-bond donors (Lipinski definition) is 0. The molecule has 1 heterocycles. The molecular weight excluding hydrogens is 348 g/mol. The van der Waals surface area contributed by atoms with Crippen molar-refractivity contribution in [1.82, 2.24) is 0 Å². The number of fused-ring (bicyclic) bond motifs is 3. The summed E-state index contributed by atoms with van der Waals surface area (Å²) in [6, 6.07) is 11.1. The predicted octanol–water partition coefficient (Wildman–Crippen LogP) is 3.97. The van der Waals surface area contributed by atoms with E-state index in [1.165, 1.54) is 23.1 Å². The third-order valence-corrected chi connectivity index (χ3v) is 6.67. The first-order valence-electron chi connectivity index (χ1n) is 9.22. The number of benzene rings is 2. The van der Waals surface area contributed by atoms with Crippen LogP contribution in [-0.4, -0.2) is 20.6 Å². The van der Waals surface area contributed by atoms with Crippen LogP contribution in [0.1, 0.15) is 42.0 Å². The Morgan fingerprint density at radius 2 is 1.85 bits per heavy atom. The van der Waals surface area contributed by atoms with Gasteiger partial charge in [0.2, 0.25) is 0 Å². The van der Waals surface area contributed by atoms with E-state index in [-0.39, 0.29) is 11.0 Å². The summed E-state index contributed by atoms with van der Waals surface area (Å²) in [5.41, 5.74) is 5.01. The van der Waals surface area contributed by atoms with E-state index >= 15 is 0 Å². The number of ether oxygens (including phenoxy) is 1. The topological polar surface area (TPSA) is 52.6 Å². The normalized spacial score (nSPS) is 19.7. The summed E-state index contributed by atoms with van der Waals surface area (Å²) < 4.78 is 36.5. The van der Waals surface area contributed by atoms with Crippen molar-refractivity contribution in [2.75, 3.05) is 0 Å². The Bertz CT molecular complexity index is 916. The van der Waals surface area contributed by atoms with Crippen molar-refractivity contribution in [3.63, 3.8) is 0 Å². The van der Waals surface area contributed by atoms with Gasteiger partial charge in [0.05, 0.1) is 11.0 Å². The van der Waals surface area contributed by atoms with Gasteiger partial charge in [-0.1, -0.05) is 29.8 Å². The average molecular weight is 372 g/mol. The Morgan fingerprint density at radius 3 is 2.62 bits per heavy atom. The molecule has 2 aliphatic rings. The highest BCUT2D eigenvalue weighted by atomic mass is 32.2. The van der Waals surface area contributed by atoms with Gasteiger partial charge in [-0.05, 0) is 61.9 Å². The van der Waals surface area contributed by atoms with Crippen molar-refractivity contribution in [3.05, 3.63) is 58.7 Å². The third kappa shape index (κ3) is 3.38. The van der Waals surface area contributed by atoms with Crippen LogP contribution in [0.2, 0.25) is 0 Å². The first-order chi connectivity index (χ1) is 12.4. The lowest BCUT2D eigenvalue weighted by Crippen LogP contribution is -2.24. The molecule has 0 amide bonds. The van der Waals surface area contributed by atoms with Gasteiger partial charge < -0.3 is 4.74 Å². The molecule has 0 spiro atoms. The minimum atomic E-state index is -3.75. The van der Waals surface area contributed by atoms with Crippen molar-refractivity contribution in [3.8, 4) is 5.75 Å². The van der Waals surface area contributed by atoms with Crippen molar-refractivity contribution in [1.29, 1.82) is 0 Å². The molecular formula is C21H24O4S. The summed E-state index contributed by atoms with van der Waals surface area (Å²) in [5, 5.41) is 0. The molecule has 0 bridgehead atoms. The van der Waals surface area contributed by atoms with Crippen LogP contribution in [0.5, 0.6) is 5.75 Å². The quantitative estimate of drug-likeness (QED) is 0.745. The lowest BCUT2D eigenvalue weighted by atomic mass is 10.0. The van der Waals surface area contributed by atoms with Crippen LogP contribution in [0.15, 0.2) is 41.3 Å². The second-order valence-electron chi connectivity index (χ2n) is 7.40. The average Bonchev–Trinajstić information content (AvgIpc) is 3.19. The van der Waals surface area contributed by atoms with Crippen LogP contribution in [0.4, 0.5) is 0 Å². The monoisotopic (exact) mass is 372 g/mol. The van der Waals surface area contributed by atoms with Crippen LogP contribution >= 0.6 is 0 Å². The lowest BCUT2D eigenvalue weighted by molar-refractivity contribution is 0.138. The SMILES string of the molecule is Cc1ccc(S(=O)(=O)OC(C)C[C@H]2Cc3ccc4c(c3O2)CCC4)cc1. The van der Waals surface area contributed by atoms with Gasteiger partial charge >= 0.3 is 0 Å². The molecule has 0 aromatic heterocycles. The number of rotatable bonds is 5. The van der Waals surface area contributed by atoms with E-state index < -0.39 is 16.2 Å². The van der Waals surface area contributed by atoms with E-state index in [4.69, 9.17) is 8.92 Å². The molecule has 0 radical (unpaired) electrons. The molecule has 5 heteroatoms. The first-order valence-corrected chi connectivity index (χ1v) is 10.6. The van der Waals surface area contributed by atoms with Gasteiger partial charge in [0.15, 0.2) is 0 Å². The summed E-state index contributed by atoms with van der Waals surface area (Å²) in [5.74, 6) is 1.04. The molecule has 4 rings (SSSR count). The van der Waals surface area contributed by atoms with E-state index in [0.717, 1.165) is 30.6 Å². The molecule has 0 fully saturated rings. The highest BCUT2D eigenvalue weighted by Gasteiger charge is 2.30. The zero-order valence-corrected chi connectivity index (χ0v) is 16.0. The van der Waals surface area contributed by atoms with Crippen LogP contribution in [-0.2, 0) is 33.6 Å². The number of hydrogen-bond acceptors (Lipinski definition) is 4. The minimum absolute atomic E-state index is 0.0275. The Morgan fingerprint density at radius 1 is 1.12 bits per heavy atom. The maximum Gasteiger partial charge on any atom is 0.297 e. The highest BCUT2D eigenvalue weighted by Crippen LogP contribution is 2.39. The fourth-order valence-corrected chi connectivity index (χ4v) is 5.05. The minimum Gasteiger partial charge on any atom is -0.489 e. The molecule has 0 N–H and O–H groups in total. The highest BCUT2D eigenvalue weighted by molar-refractivity contribution is 7.86. The van der Waals surface area contributed by atoms with E-state index in [1.807, 2.05) is 6.92 Å². The standard InChI is InChI=1S/C21H24O4S/c1-14-6-10-19(11-7-14)26(22,23)25-15(2)12-18-13-17-9-8-16-4-3-5-20(16)21(17)24-18/h6-11,15,18H,3-5,12-13H2,1-2H3/t15?,18-/m0/s1. The van der Waals surface area contributed by atoms with Gasteiger partial charge in [-0.25, -0.2) is 0 Å². The van der Waals surface area contributed by atoms with Gasteiger partial charge in [0, 0.05) is 12.8 Å². The molecule has 1 aliphatic heterocycles. The largest absolute Gasteiger partial charge is 0.489 e. The predicted molar refractivity (Wildman–Crippen MR) is 100 cm³/mol. The first kappa shape index (κ1) is 17.6. The third-order valence-electron chi connectivity index (χ3n) is 5.24. The Balaban J connectivity index is 1.41. The lowest BCUT2D eigenvalue weighted by Gasteiger charge is -2.18. The molecule has 0 saturated carbocycles. The second kappa shape index (κ2) is 6.71. The molecule has 2 aromatic rings. The van der Waals surface area contributed by atoms with Gasteiger partial charge in [0.1, 0.15) is 11.9 Å². The van der Waals surface area contributed by atoms with Gasteiger partial charge in [-0.3, -0.25) is 4.18 Å². The van der Waals surface area contributed by atoms with E-state index in [0.29, 0.717) is 6.42 Å². The van der Waals surface area contributed by atoms with Crippen molar-refractivity contribution in [2.24, 2.45) is 0 Å². The van der Waals surface area contributed by atoms with E-state index in [9.17, 15) is 8.42 Å². The van der Waals surface area contributed by atoms with E-state index in [2.05, 4.69) is 12.1 Å². The maximum absolute atomic E-state index is 12.4. The molecule has 2 atom stereocenters. The smallest absolute Gasteiger partial charge is 0.297 e. The van der Waals surface area contributed by atoms with Crippen LogP contribution in [0.25, 0.3) is 0 Å². The van der Waals surface area contributed by atoms with Gasteiger partial charge in [-0.15, -0.1) is 0 Å². The molecule has 1 unspecified atom stereocenters. The zero-order valence-electron chi connectivity index (χ0n) is 15.2. The summed E-state index contributed by atoms with van der Waals surface area (Å²) in [6.07, 6.45) is 4.31. The van der Waals surface area contributed by atoms with E-state index in [1.54, 1.807) is 31.2 Å². The number of aryl methyl sites for hydroxylation is 2. The maximum atomic E-state index is 12.4. The summed E-state index contributed by atoms with van der Waals surface area (Å²) in [4.78, 5) is 0.198. The molecule has 4 nitrogen and oxygen atoms in total. The summed E-state index contributed by atoms with van der Waals surface area (Å²) in [7, 11) is -3.75. The van der Waals surface area contributed by atoms with Crippen LogP contribution in [0, 0.1) is 6.92 Å². The van der Waals surface area contributed by atoms with Crippen molar-refractivity contribution < 1.29 is 17.3 Å². The molecule has 1 aliphatic carbocycles. The van der Waals surface area contributed by atoms with Gasteiger partial charge in [-0.2, -0.15) is 8.42 Å². The molecule has 0 saturated heterocycles. The second-order valence-corrected chi connectivity index (χ2v) is 8.97. The Kier molecular flexibility index (Phi) is 4.53. The molecule has 26 heavy (non-hydrogen) atoms. The van der Waals surface area contributed by atoms with Crippen molar-refractivity contribution in [2.45, 2.75) is 63.1 Å². The van der Waals surface area contributed by atoms with Gasteiger partial charge in [0.25, 0.3) is 10.1 Å². The fourth-order valence-electron chi connectivity index (χ4n) is 3.96. The Hall–Kier alpha value is -1.85. The Labute approximate surface area is 155 Å². The van der Waals surface area contributed by atoms with Crippen LogP contribution < -0.4 is 4.74 Å². The fraction of sp³-hybridized carbons (Fsp3) is 0.429. The van der Waals surface area contributed by atoms with Crippen LogP contribution in [0.3, 0.4) is 0 Å². The summed E-state index contributed by atoms with van der Waals surface area (Å²) in [6.45, 7) is 3.72. The zero-order chi connectivity index (χ0) is 18.3. The van der Waals surface area contributed by atoms with Crippen molar-refractivity contribution >= 4 is 10.1 Å².